The smallest absolute Gasteiger partial charge is 0.197 e. The zero-order chi connectivity index (χ0) is 11.8. The fourth-order valence-electron chi connectivity index (χ4n) is 1.34. The maximum Gasteiger partial charge on any atom is 0.197 e. The summed E-state index contributed by atoms with van der Waals surface area (Å²) in [5.41, 5.74) is 6.57. The average Bonchev–Trinajstić information content (AvgIpc) is 2.44. The van der Waals surface area contributed by atoms with Gasteiger partial charge in [0.25, 0.3) is 0 Å². The highest BCUT2D eigenvalue weighted by molar-refractivity contribution is 7.91. The van der Waals surface area contributed by atoms with Crippen LogP contribution in [-0.2, 0) is 9.84 Å². The number of hydrogen-bond donors (Lipinski definition) is 1. The SMILES string of the molecule is CCS(=O)(=O)c1c(N)c(C)nn1C(C)C. The van der Waals surface area contributed by atoms with Crippen LogP contribution < -0.4 is 5.73 Å². The van der Waals surface area contributed by atoms with E-state index >= 15 is 0 Å². The van der Waals surface area contributed by atoms with E-state index in [0.29, 0.717) is 5.69 Å². The number of hydrogen-bond acceptors (Lipinski definition) is 4. The largest absolute Gasteiger partial charge is 0.395 e. The van der Waals surface area contributed by atoms with E-state index < -0.39 is 9.84 Å². The summed E-state index contributed by atoms with van der Waals surface area (Å²) < 4.78 is 25.1. The topological polar surface area (TPSA) is 78.0 Å². The van der Waals surface area contributed by atoms with Crippen LogP contribution in [0.5, 0.6) is 0 Å². The first-order chi connectivity index (χ1) is 6.81. The van der Waals surface area contributed by atoms with E-state index in [9.17, 15) is 8.42 Å². The van der Waals surface area contributed by atoms with Gasteiger partial charge in [-0.15, -0.1) is 0 Å². The van der Waals surface area contributed by atoms with E-state index in [1.54, 1.807) is 13.8 Å². The molecule has 0 aliphatic rings. The Kier molecular flexibility index (Phi) is 3.08. The Hall–Kier alpha value is -1.04. The predicted molar refractivity (Wildman–Crippen MR) is 59.5 cm³/mol. The molecule has 0 aliphatic heterocycles. The van der Waals surface area contributed by atoms with Crippen molar-refractivity contribution in [3.8, 4) is 0 Å². The quantitative estimate of drug-likeness (QED) is 0.846. The fraction of sp³-hybridized carbons (Fsp3) is 0.667. The van der Waals surface area contributed by atoms with Gasteiger partial charge in [-0.25, -0.2) is 13.1 Å². The van der Waals surface area contributed by atoms with Gasteiger partial charge < -0.3 is 5.73 Å². The third-order valence-corrected chi connectivity index (χ3v) is 4.01. The molecule has 0 radical (unpaired) electrons. The maximum absolute atomic E-state index is 11.8. The van der Waals surface area contributed by atoms with Crippen LogP contribution in [0.2, 0.25) is 0 Å². The van der Waals surface area contributed by atoms with Crippen molar-refractivity contribution in [3.05, 3.63) is 5.69 Å². The van der Waals surface area contributed by atoms with Crippen molar-refractivity contribution >= 4 is 15.5 Å². The van der Waals surface area contributed by atoms with E-state index in [-0.39, 0.29) is 22.5 Å². The van der Waals surface area contributed by atoms with Crippen LogP contribution >= 0.6 is 0 Å². The molecule has 1 aromatic rings. The van der Waals surface area contributed by atoms with Gasteiger partial charge in [0.15, 0.2) is 14.9 Å². The molecule has 0 aromatic carbocycles. The molecule has 0 saturated heterocycles. The van der Waals surface area contributed by atoms with Gasteiger partial charge in [-0.1, -0.05) is 6.92 Å². The Morgan fingerprint density at radius 2 is 2.00 bits per heavy atom. The van der Waals surface area contributed by atoms with Crippen molar-refractivity contribution in [1.29, 1.82) is 0 Å². The minimum absolute atomic E-state index is 0.0164. The summed E-state index contributed by atoms with van der Waals surface area (Å²) in [4.78, 5) is 0. The first kappa shape index (κ1) is 12.0. The van der Waals surface area contributed by atoms with Crippen molar-refractivity contribution in [2.24, 2.45) is 0 Å². The summed E-state index contributed by atoms with van der Waals surface area (Å²) in [7, 11) is -3.31. The maximum atomic E-state index is 11.8. The number of aromatic nitrogens is 2. The Morgan fingerprint density at radius 3 is 2.40 bits per heavy atom. The lowest BCUT2D eigenvalue weighted by atomic mass is 10.4. The summed E-state index contributed by atoms with van der Waals surface area (Å²) in [6.45, 7) is 7.06. The van der Waals surface area contributed by atoms with Gasteiger partial charge in [0.1, 0.15) is 0 Å². The van der Waals surface area contributed by atoms with Crippen LogP contribution in [0, 0.1) is 6.92 Å². The number of nitrogens with two attached hydrogens (primary N) is 1. The standard InChI is InChI=1S/C9H17N3O2S/c1-5-15(13,14)9-8(10)7(4)11-12(9)6(2)3/h6H,5,10H2,1-4H3. The van der Waals surface area contributed by atoms with Crippen LogP contribution in [0.4, 0.5) is 5.69 Å². The molecule has 1 heterocycles. The second-order valence-corrected chi connectivity index (χ2v) is 5.94. The highest BCUT2D eigenvalue weighted by Gasteiger charge is 2.25. The van der Waals surface area contributed by atoms with Gasteiger partial charge in [-0.2, -0.15) is 5.10 Å². The zero-order valence-corrected chi connectivity index (χ0v) is 10.3. The molecule has 1 aromatic heterocycles. The highest BCUT2D eigenvalue weighted by Crippen LogP contribution is 2.25. The lowest BCUT2D eigenvalue weighted by Crippen LogP contribution is -2.15. The molecule has 0 unspecified atom stereocenters. The molecule has 1 rings (SSSR count). The molecular weight excluding hydrogens is 214 g/mol. The molecule has 86 valence electrons. The van der Waals surface area contributed by atoms with E-state index in [0.717, 1.165) is 0 Å². The van der Waals surface area contributed by atoms with Gasteiger partial charge in [0.2, 0.25) is 0 Å². The van der Waals surface area contributed by atoms with Crippen molar-refractivity contribution in [2.75, 3.05) is 11.5 Å². The normalized spacial score (nSPS) is 12.3. The van der Waals surface area contributed by atoms with Gasteiger partial charge >= 0.3 is 0 Å². The molecular formula is C9H17N3O2S. The molecule has 0 saturated carbocycles. The van der Waals surface area contributed by atoms with Crippen molar-refractivity contribution < 1.29 is 8.42 Å². The molecule has 2 N–H and O–H groups in total. The molecule has 0 fully saturated rings. The number of anilines is 1. The monoisotopic (exact) mass is 231 g/mol. The summed E-state index contributed by atoms with van der Waals surface area (Å²) in [5, 5.41) is 4.29. The first-order valence-corrected chi connectivity index (χ1v) is 6.53. The van der Waals surface area contributed by atoms with Gasteiger partial charge in [-0.05, 0) is 20.8 Å². The molecule has 0 amide bonds. The van der Waals surface area contributed by atoms with Crippen molar-refractivity contribution in [1.82, 2.24) is 9.78 Å². The van der Waals surface area contributed by atoms with Crippen molar-refractivity contribution in [2.45, 2.75) is 38.8 Å². The van der Waals surface area contributed by atoms with Crippen LogP contribution in [0.3, 0.4) is 0 Å². The highest BCUT2D eigenvalue weighted by atomic mass is 32.2. The second kappa shape index (κ2) is 3.84. The Bertz CT molecular complexity index is 460. The molecule has 0 atom stereocenters. The average molecular weight is 231 g/mol. The lowest BCUT2D eigenvalue weighted by Gasteiger charge is -2.10. The van der Waals surface area contributed by atoms with E-state index in [4.69, 9.17) is 5.73 Å². The van der Waals surface area contributed by atoms with Gasteiger partial charge in [0, 0.05) is 6.04 Å². The molecule has 0 aliphatic carbocycles. The third-order valence-electron chi connectivity index (χ3n) is 2.25. The van der Waals surface area contributed by atoms with Crippen LogP contribution in [0.25, 0.3) is 0 Å². The summed E-state index contributed by atoms with van der Waals surface area (Å²) in [6.07, 6.45) is 0. The van der Waals surface area contributed by atoms with E-state index in [1.165, 1.54) is 4.68 Å². The van der Waals surface area contributed by atoms with Crippen LogP contribution in [-0.4, -0.2) is 24.0 Å². The Labute approximate surface area is 90.2 Å². The lowest BCUT2D eigenvalue weighted by molar-refractivity contribution is 0.478. The summed E-state index contributed by atoms with van der Waals surface area (Å²) in [5.74, 6) is 0.0368. The summed E-state index contributed by atoms with van der Waals surface area (Å²) >= 11 is 0. The molecule has 15 heavy (non-hydrogen) atoms. The third kappa shape index (κ3) is 1.99. The van der Waals surface area contributed by atoms with Crippen LogP contribution in [0.1, 0.15) is 32.5 Å². The number of nitrogen functional groups attached to an aromatic ring is 1. The van der Waals surface area contributed by atoms with Gasteiger partial charge in [-0.3, -0.25) is 0 Å². The Balaban J connectivity index is 3.52. The molecule has 0 spiro atoms. The minimum Gasteiger partial charge on any atom is -0.395 e. The van der Waals surface area contributed by atoms with Crippen LogP contribution in [0.15, 0.2) is 5.03 Å². The molecule has 5 nitrogen and oxygen atoms in total. The minimum atomic E-state index is -3.31. The number of rotatable bonds is 3. The summed E-state index contributed by atoms with van der Waals surface area (Å²) in [6, 6.07) is -0.0164. The Morgan fingerprint density at radius 1 is 1.47 bits per heavy atom. The second-order valence-electron chi connectivity index (χ2n) is 3.75. The number of aryl methyl sites for hydroxylation is 1. The van der Waals surface area contributed by atoms with Gasteiger partial charge in [0.05, 0.1) is 17.1 Å². The van der Waals surface area contributed by atoms with E-state index in [2.05, 4.69) is 5.10 Å². The number of sulfone groups is 1. The van der Waals surface area contributed by atoms with E-state index in [1.807, 2.05) is 13.8 Å². The predicted octanol–water partition coefficient (Wildman–Crippen LogP) is 1.15. The molecule has 6 heteroatoms. The zero-order valence-electron chi connectivity index (χ0n) is 9.48. The molecule has 0 bridgehead atoms. The van der Waals surface area contributed by atoms with Crippen molar-refractivity contribution in [3.63, 3.8) is 0 Å². The fourth-order valence-corrected chi connectivity index (χ4v) is 2.63. The first-order valence-electron chi connectivity index (χ1n) is 4.88. The number of nitrogens with zero attached hydrogens (tertiary/aromatic N) is 2.